The van der Waals surface area contributed by atoms with Gasteiger partial charge in [0, 0.05) is 6.61 Å². The van der Waals surface area contributed by atoms with Crippen LogP contribution in [0.2, 0.25) is 0 Å². The molecule has 0 amide bonds. The maximum atomic E-state index is 5.90. The van der Waals surface area contributed by atoms with Gasteiger partial charge in [0.2, 0.25) is 0 Å². The molecule has 0 aliphatic carbocycles. The van der Waals surface area contributed by atoms with Gasteiger partial charge in [-0.15, -0.1) is 0 Å². The third-order valence-corrected chi connectivity index (χ3v) is 2.30. The fourth-order valence-corrected chi connectivity index (χ4v) is 1.64. The van der Waals surface area contributed by atoms with Crippen LogP contribution < -0.4 is 0 Å². The first-order valence-electron chi connectivity index (χ1n) is 6.11. The van der Waals surface area contributed by atoms with Gasteiger partial charge in [-0.05, 0) is 24.7 Å². The van der Waals surface area contributed by atoms with E-state index in [1.54, 1.807) is 0 Å². The van der Waals surface area contributed by atoms with Crippen LogP contribution in [0.15, 0.2) is 0 Å². The molecule has 0 N–H and O–H groups in total. The van der Waals surface area contributed by atoms with Crippen LogP contribution in [-0.4, -0.2) is 12.7 Å². The van der Waals surface area contributed by atoms with Crippen molar-refractivity contribution >= 4 is 0 Å². The Kier molecular flexibility index (Phi) is 7.26. The van der Waals surface area contributed by atoms with Gasteiger partial charge >= 0.3 is 0 Å². The number of rotatable bonds is 7. The molecule has 0 heterocycles. The standard InChI is InChI=1S/C13H28O/c1-6-8-10-14-12(9-7-2)11-13(3,4)5/h12H,6-11H2,1-5H3. The lowest BCUT2D eigenvalue weighted by molar-refractivity contribution is 0.0186. The Morgan fingerprint density at radius 2 is 1.71 bits per heavy atom. The molecule has 0 aliphatic rings. The lowest BCUT2D eigenvalue weighted by Gasteiger charge is -2.26. The average molecular weight is 200 g/mol. The molecule has 0 saturated heterocycles. The van der Waals surface area contributed by atoms with Crippen molar-refractivity contribution in [3.8, 4) is 0 Å². The zero-order valence-corrected chi connectivity index (χ0v) is 10.7. The minimum Gasteiger partial charge on any atom is -0.378 e. The van der Waals surface area contributed by atoms with Crippen molar-refractivity contribution in [1.29, 1.82) is 0 Å². The van der Waals surface area contributed by atoms with Gasteiger partial charge in [-0.2, -0.15) is 0 Å². The normalized spacial score (nSPS) is 14.4. The van der Waals surface area contributed by atoms with Crippen LogP contribution in [0.4, 0.5) is 0 Å². The van der Waals surface area contributed by atoms with E-state index in [1.807, 2.05) is 0 Å². The van der Waals surface area contributed by atoms with Crippen molar-refractivity contribution in [1.82, 2.24) is 0 Å². The molecule has 0 aliphatic heterocycles. The van der Waals surface area contributed by atoms with Crippen molar-refractivity contribution < 1.29 is 4.74 Å². The molecule has 0 saturated carbocycles. The van der Waals surface area contributed by atoms with Gasteiger partial charge in [0.25, 0.3) is 0 Å². The molecule has 1 nitrogen and oxygen atoms in total. The Balaban J connectivity index is 3.77. The molecule has 0 rings (SSSR count). The van der Waals surface area contributed by atoms with Gasteiger partial charge in [0.05, 0.1) is 6.10 Å². The minimum atomic E-state index is 0.395. The van der Waals surface area contributed by atoms with E-state index >= 15 is 0 Å². The Bertz CT molecular complexity index is 124. The van der Waals surface area contributed by atoms with Crippen LogP contribution in [0.1, 0.15) is 66.7 Å². The number of hydrogen-bond acceptors (Lipinski definition) is 1. The molecule has 1 unspecified atom stereocenters. The quantitative estimate of drug-likeness (QED) is 0.553. The Morgan fingerprint density at radius 1 is 1.07 bits per heavy atom. The fraction of sp³-hybridized carbons (Fsp3) is 1.00. The van der Waals surface area contributed by atoms with E-state index in [4.69, 9.17) is 4.74 Å². The predicted molar refractivity (Wildman–Crippen MR) is 63.6 cm³/mol. The highest BCUT2D eigenvalue weighted by Crippen LogP contribution is 2.24. The van der Waals surface area contributed by atoms with Gasteiger partial charge in [-0.1, -0.05) is 47.5 Å². The topological polar surface area (TPSA) is 9.23 Å². The van der Waals surface area contributed by atoms with Crippen LogP contribution in [0, 0.1) is 5.41 Å². The summed E-state index contributed by atoms with van der Waals surface area (Å²) in [6.45, 7) is 12.3. The predicted octanol–water partition coefficient (Wildman–Crippen LogP) is 4.41. The summed E-state index contributed by atoms with van der Waals surface area (Å²) in [5.74, 6) is 0. The highest BCUT2D eigenvalue weighted by Gasteiger charge is 2.18. The molecular formula is C13H28O. The van der Waals surface area contributed by atoms with Crippen molar-refractivity contribution in [2.24, 2.45) is 5.41 Å². The molecule has 0 bridgehead atoms. The molecule has 0 aromatic heterocycles. The van der Waals surface area contributed by atoms with E-state index in [9.17, 15) is 0 Å². The SMILES string of the molecule is CCCCOC(CCC)CC(C)(C)C. The number of hydrogen-bond donors (Lipinski definition) is 0. The second-order valence-electron chi connectivity index (χ2n) is 5.40. The summed E-state index contributed by atoms with van der Waals surface area (Å²) in [6, 6.07) is 0. The van der Waals surface area contributed by atoms with Crippen molar-refractivity contribution in [2.45, 2.75) is 72.8 Å². The van der Waals surface area contributed by atoms with E-state index in [1.165, 1.54) is 32.1 Å². The smallest absolute Gasteiger partial charge is 0.0580 e. The maximum absolute atomic E-state index is 5.90. The van der Waals surface area contributed by atoms with Gasteiger partial charge in [-0.25, -0.2) is 0 Å². The molecule has 1 atom stereocenters. The van der Waals surface area contributed by atoms with E-state index in [2.05, 4.69) is 34.6 Å². The van der Waals surface area contributed by atoms with Crippen LogP contribution in [0.5, 0.6) is 0 Å². The zero-order valence-electron chi connectivity index (χ0n) is 10.7. The highest BCUT2D eigenvalue weighted by molar-refractivity contribution is 4.69. The van der Waals surface area contributed by atoms with Crippen molar-refractivity contribution in [2.75, 3.05) is 6.61 Å². The minimum absolute atomic E-state index is 0.395. The number of ether oxygens (including phenoxy) is 1. The third kappa shape index (κ3) is 8.55. The average Bonchev–Trinajstić information content (AvgIpc) is 2.02. The van der Waals surface area contributed by atoms with Crippen LogP contribution in [0.25, 0.3) is 0 Å². The molecule has 0 fully saturated rings. The van der Waals surface area contributed by atoms with E-state index in [0.29, 0.717) is 11.5 Å². The second kappa shape index (κ2) is 7.28. The van der Waals surface area contributed by atoms with Gasteiger partial charge in [0.1, 0.15) is 0 Å². The first-order valence-corrected chi connectivity index (χ1v) is 6.11. The summed E-state index contributed by atoms with van der Waals surface area (Å²) >= 11 is 0. The molecule has 0 aromatic rings. The Hall–Kier alpha value is -0.0400. The monoisotopic (exact) mass is 200 g/mol. The summed E-state index contributed by atoms with van der Waals surface area (Å²) in [5.41, 5.74) is 0.395. The fourth-order valence-electron chi connectivity index (χ4n) is 1.64. The molecule has 0 radical (unpaired) electrons. The third-order valence-electron chi connectivity index (χ3n) is 2.30. The van der Waals surface area contributed by atoms with Gasteiger partial charge < -0.3 is 4.74 Å². The molecule has 86 valence electrons. The molecule has 0 aromatic carbocycles. The summed E-state index contributed by atoms with van der Waals surface area (Å²) in [7, 11) is 0. The summed E-state index contributed by atoms with van der Waals surface area (Å²) < 4.78 is 5.90. The van der Waals surface area contributed by atoms with Crippen molar-refractivity contribution in [3.63, 3.8) is 0 Å². The van der Waals surface area contributed by atoms with Crippen LogP contribution in [-0.2, 0) is 4.74 Å². The van der Waals surface area contributed by atoms with E-state index in [-0.39, 0.29) is 0 Å². The lowest BCUT2D eigenvalue weighted by Crippen LogP contribution is -2.21. The largest absolute Gasteiger partial charge is 0.378 e. The molecular weight excluding hydrogens is 172 g/mol. The molecule has 14 heavy (non-hydrogen) atoms. The van der Waals surface area contributed by atoms with Gasteiger partial charge in [-0.3, -0.25) is 0 Å². The lowest BCUT2D eigenvalue weighted by atomic mass is 9.88. The van der Waals surface area contributed by atoms with Crippen LogP contribution >= 0.6 is 0 Å². The number of unbranched alkanes of at least 4 members (excludes halogenated alkanes) is 1. The van der Waals surface area contributed by atoms with Crippen LogP contribution in [0.3, 0.4) is 0 Å². The zero-order chi connectivity index (χ0) is 11.0. The Morgan fingerprint density at radius 3 is 2.14 bits per heavy atom. The first kappa shape index (κ1) is 14.0. The molecule has 1 heteroatoms. The highest BCUT2D eigenvalue weighted by atomic mass is 16.5. The maximum Gasteiger partial charge on any atom is 0.0580 e. The second-order valence-corrected chi connectivity index (χ2v) is 5.40. The van der Waals surface area contributed by atoms with E-state index < -0.39 is 0 Å². The molecule has 0 spiro atoms. The van der Waals surface area contributed by atoms with E-state index in [0.717, 1.165) is 6.61 Å². The summed E-state index contributed by atoms with van der Waals surface area (Å²) in [5, 5.41) is 0. The summed E-state index contributed by atoms with van der Waals surface area (Å²) in [6.07, 6.45) is 6.53. The van der Waals surface area contributed by atoms with Crippen molar-refractivity contribution in [3.05, 3.63) is 0 Å². The Labute approximate surface area is 90.2 Å². The first-order chi connectivity index (χ1) is 6.49. The summed E-state index contributed by atoms with van der Waals surface area (Å²) in [4.78, 5) is 0. The van der Waals surface area contributed by atoms with Gasteiger partial charge in [0.15, 0.2) is 0 Å².